The van der Waals surface area contributed by atoms with E-state index in [1.807, 2.05) is 19.2 Å². The van der Waals surface area contributed by atoms with E-state index < -0.39 is 14.8 Å². The van der Waals surface area contributed by atoms with Gasteiger partial charge in [-0.05, 0) is 19.8 Å². The molecule has 1 heterocycles. The second-order valence-corrected chi connectivity index (χ2v) is 8.05. The van der Waals surface area contributed by atoms with Gasteiger partial charge in [0.15, 0.2) is 0 Å². The van der Waals surface area contributed by atoms with E-state index >= 15 is 0 Å². The molecule has 0 saturated heterocycles. The summed E-state index contributed by atoms with van der Waals surface area (Å²) < 4.78 is 25.7. The lowest BCUT2D eigenvalue weighted by Gasteiger charge is -2.23. The zero-order valence-electron chi connectivity index (χ0n) is 10.2. The van der Waals surface area contributed by atoms with Gasteiger partial charge in [0.1, 0.15) is 0 Å². The average molecular weight is 274 g/mol. The normalized spacial score (nSPS) is 18.5. The van der Waals surface area contributed by atoms with Gasteiger partial charge < -0.3 is 0 Å². The molecule has 2 rings (SSSR count). The van der Waals surface area contributed by atoms with E-state index in [0.29, 0.717) is 19.5 Å². The molecule has 96 valence electrons. The van der Waals surface area contributed by atoms with E-state index in [1.165, 1.54) is 0 Å². The number of thiazole rings is 1. The average Bonchev–Trinajstić information content (AvgIpc) is 2.85. The molecule has 0 aromatic carbocycles. The topological polar surface area (TPSA) is 50.3 Å². The van der Waals surface area contributed by atoms with E-state index in [-0.39, 0.29) is 0 Å². The molecule has 0 bridgehead atoms. The van der Waals surface area contributed by atoms with Gasteiger partial charge in [0.25, 0.3) is 0 Å². The summed E-state index contributed by atoms with van der Waals surface area (Å²) in [6.07, 6.45) is 4.06. The molecule has 1 saturated carbocycles. The quantitative estimate of drug-likeness (QED) is 0.796. The molecule has 1 aliphatic rings. The van der Waals surface area contributed by atoms with Crippen molar-refractivity contribution in [2.24, 2.45) is 0 Å². The molecule has 1 fully saturated rings. The summed E-state index contributed by atoms with van der Waals surface area (Å²) in [6.45, 7) is 4.82. The molecule has 1 aromatic heterocycles. The van der Waals surface area contributed by atoms with Crippen LogP contribution in [-0.4, -0.2) is 35.5 Å². The Balaban J connectivity index is 2.02. The lowest BCUT2D eigenvalue weighted by atomic mass is 10.4. The minimum absolute atomic E-state index is 0.494. The lowest BCUT2D eigenvalue weighted by molar-refractivity contribution is 0.421. The summed E-state index contributed by atoms with van der Waals surface area (Å²) >= 11 is 1.58. The fraction of sp³-hybridized carbons (Fsp3) is 0.727. The smallest absolute Gasteiger partial charge is 0.219 e. The maximum atomic E-state index is 12.3. The Morgan fingerprint density at radius 2 is 2.24 bits per heavy atom. The van der Waals surface area contributed by atoms with Crippen molar-refractivity contribution in [3.63, 3.8) is 0 Å². The van der Waals surface area contributed by atoms with Crippen LogP contribution in [0, 0.1) is 0 Å². The highest BCUT2D eigenvalue weighted by molar-refractivity contribution is 7.90. The van der Waals surface area contributed by atoms with Crippen LogP contribution in [0.25, 0.3) is 0 Å². The van der Waals surface area contributed by atoms with Gasteiger partial charge in [-0.15, -0.1) is 11.3 Å². The first-order valence-corrected chi connectivity index (χ1v) is 8.19. The number of rotatable bonds is 6. The number of aromatic nitrogens is 1. The Labute approximate surface area is 107 Å². The van der Waals surface area contributed by atoms with Gasteiger partial charge >= 0.3 is 0 Å². The van der Waals surface area contributed by atoms with E-state index in [9.17, 15) is 8.42 Å². The van der Waals surface area contributed by atoms with Gasteiger partial charge in [-0.1, -0.05) is 6.92 Å². The first-order chi connectivity index (χ1) is 7.99. The Hall–Kier alpha value is -0.460. The Bertz CT molecular complexity index is 464. The van der Waals surface area contributed by atoms with E-state index in [0.717, 1.165) is 17.8 Å². The fourth-order valence-corrected chi connectivity index (χ4v) is 4.31. The van der Waals surface area contributed by atoms with Crippen LogP contribution in [0.3, 0.4) is 0 Å². The molecule has 0 spiro atoms. The van der Waals surface area contributed by atoms with Crippen molar-refractivity contribution in [1.82, 2.24) is 9.29 Å². The largest absolute Gasteiger partial charge is 0.250 e. The molecule has 0 aliphatic heterocycles. The number of hydrogen-bond donors (Lipinski definition) is 0. The second-order valence-electron chi connectivity index (χ2n) is 4.62. The molecular weight excluding hydrogens is 256 g/mol. The van der Waals surface area contributed by atoms with Crippen molar-refractivity contribution in [3.8, 4) is 0 Å². The zero-order valence-corrected chi connectivity index (χ0v) is 11.9. The van der Waals surface area contributed by atoms with Crippen LogP contribution in [0.4, 0.5) is 0 Å². The van der Waals surface area contributed by atoms with E-state index in [2.05, 4.69) is 4.98 Å². The molecule has 0 radical (unpaired) electrons. The van der Waals surface area contributed by atoms with E-state index in [4.69, 9.17) is 0 Å². The summed E-state index contributed by atoms with van der Waals surface area (Å²) in [7, 11) is -3.12. The SMILES string of the molecule is CCN(CCc1nccs1)S(=O)(=O)C1(C)CC1. The predicted molar refractivity (Wildman–Crippen MR) is 69.6 cm³/mol. The molecule has 17 heavy (non-hydrogen) atoms. The fourth-order valence-electron chi connectivity index (χ4n) is 1.79. The number of likely N-dealkylation sites (N-methyl/N-ethyl adjacent to an activating group) is 1. The molecule has 4 nitrogen and oxygen atoms in total. The van der Waals surface area contributed by atoms with Crippen molar-refractivity contribution in [1.29, 1.82) is 0 Å². The number of hydrogen-bond acceptors (Lipinski definition) is 4. The van der Waals surface area contributed by atoms with Crippen LogP contribution < -0.4 is 0 Å². The van der Waals surface area contributed by atoms with Gasteiger partial charge in [-0.3, -0.25) is 0 Å². The van der Waals surface area contributed by atoms with Crippen molar-refractivity contribution < 1.29 is 8.42 Å². The maximum absolute atomic E-state index is 12.3. The standard InChI is InChI=1S/C11H18N2O2S2/c1-3-13(8-4-10-12-7-9-16-10)17(14,15)11(2)5-6-11/h7,9H,3-6,8H2,1-2H3. The maximum Gasteiger partial charge on any atom is 0.219 e. The Kier molecular flexibility index (Phi) is 3.56. The Morgan fingerprint density at radius 1 is 1.53 bits per heavy atom. The molecule has 1 aromatic rings. The third-order valence-electron chi connectivity index (χ3n) is 3.33. The number of nitrogens with zero attached hydrogens (tertiary/aromatic N) is 2. The monoisotopic (exact) mass is 274 g/mol. The highest BCUT2D eigenvalue weighted by atomic mass is 32.2. The third-order valence-corrected chi connectivity index (χ3v) is 6.94. The van der Waals surface area contributed by atoms with Gasteiger partial charge in [0.05, 0.1) is 9.75 Å². The third kappa shape index (κ3) is 2.53. The lowest BCUT2D eigenvalue weighted by Crippen LogP contribution is -2.39. The summed E-state index contributed by atoms with van der Waals surface area (Å²) in [5.74, 6) is 0. The molecule has 1 aliphatic carbocycles. The number of sulfonamides is 1. The molecular formula is C11H18N2O2S2. The van der Waals surface area contributed by atoms with Gasteiger partial charge in [0, 0.05) is 31.1 Å². The van der Waals surface area contributed by atoms with Crippen molar-refractivity contribution in [2.45, 2.75) is 37.9 Å². The van der Waals surface area contributed by atoms with Gasteiger partial charge in [-0.2, -0.15) is 0 Å². The molecule has 0 atom stereocenters. The van der Waals surface area contributed by atoms with E-state index in [1.54, 1.807) is 21.8 Å². The summed E-state index contributed by atoms with van der Waals surface area (Å²) in [6, 6.07) is 0. The minimum atomic E-state index is -3.12. The first kappa shape index (κ1) is 13.0. The highest BCUT2D eigenvalue weighted by Gasteiger charge is 2.52. The van der Waals surface area contributed by atoms with Crippen LogP contribution in [0.1, 0.15) is 31.7 Å². The summed E-state index contributed by atoms with van der Waals surface area (Å²) in [4.78, 5) is 4.18. The second kappa shape index (κ2) is 4.66. The predicted octanol–water partition coefficient (Wildman–Crippen LogP) is 1.89. The van der Waals surface area contributed by atoms with Gasteiger partial charge in [-0.25, -0.2) is 17.7 Å². The molecule has 0 unspecified atom stereocenters. The van der Waals surface area contributed by atoms with Gasteiger partial charge in [0.2, 0.25) is 10.0 Å². The molecule has 0 N–H and O–H groups in total. The first-order valence-electron chi connectivity index (χ1n) is 5.88. The molecule has 0 amide bonds. The zero-order chi connectivity index (χ0) is 12.5. The summed E-state index contributed by atoms with van der Waals surface area (Å²) in [5, 5.41) is 2.92. The van der Waals surface area contributed by atoms with Crippen molar-refractivity contribution in [2.75, 3.05) is 13.1 Å². The van der Waals surface area contributed by atoms with Crippen LogP contribution in [0.2, 0.25) is 0 Å². The van der Waals surface area contributed by atoms with Crippen LogP contribution in [0.15, 0.2) is 11.6 Å². The van der Waals surface area contributed by atoms with Crippen LogP contribution >= 0.6 is 11.3 Å². The highest BCUT2D eigenvalue weighted by Crippen LogP contribution is 2.44. The van der Waals surface area contributed by atoms with Crippen LogP contribution in [0.5, 0.6) is 0 Å². The van der Waals surface area contributed by atoms with Crippen LogP contribution in [-0.2, 0) is 16.4 Å². The minimum Gasteiger partial charge on any atom is -0.250 e. The molecule has 6 heteroatoms. The summed E-state index contributed by atoms with van der Waals surface area (Å²) in [5.41, 5.74) is 0. The Morgan fingerprint density at radius 3 is 2.71 bits per heavy atom. The van der Waals surface area contributed by atoms with Crippen molar-refractivity contribution >= 4 is 21.4 Å². The van der Waals surface area contributed by atoms with Crippen molar-refractivity contribution in [3.05, 3.63) is 16.6 Å².